The lowest BCUT2D eigenvalue weighted by atomic mass is 10.3. The molecule has 0 aromatic carbocycles. The van der Waals surface area contributed by atoms with Crippen LogP contribution in [0.3, 0.4) is 0 Å². The molecule has 0 unspecified atom stereocenters. The molecule has 27 heavy (non-hydrogen) atoms. The number of nitrogens with zero attached hydrogens (tertiary/aromatic N) is 7. The quantitative estimate of drug-likeness (QED) is 0.291. The predicted octanol–water partition coefficient (Wildman–Crippen LogP) is 2.10. The Morgan fingerprint density at radius 1 is 1.41 bits per heavy atom. The Hall–Kier alpha value is -2.92. The summed E-state index contributed by atoms with van der Waals surface area (Å²) >= 11 is 2.86. The number of amides is 1. The fourth-order valence-electron chi connectivity index (χ4n) is 2.68. The van der Waals surface area contributed by atoms with E-state index in [1.165, 1.54) is 22.9 Å². The zero-order chi connectivity index (χ0) is 18.8. The van der Waals surface area contributed by atoms with Gasteiger partial charge in [0, 0.05) is 30.9 Å². The van der Waals surface area contributed by atoms with Crippen LogP contribution in [-0.2, 0) is 24.8 Å². The molecule has 11 heteroatoms. The van der Waals surface area contributed by atoms with Crippen molar-refractivity contribution in [1.82, 2.24) is 34.1 Å². The van der Waals surface area contributed by atoms with Gasteiger partial charge in [0.15, 0.2) is 5.65 Å². The van der Waals surface area contributed by atoms with Crippen LogP contribution in [0.1, 0.15) is 27.0 Å². The highest BCUT2D eigenvalue weighted by Crippen LogP contribution is 2.30. The number of hydrogen-bond acceptors (Lipinski definition) is 8. The number of aromatic nitrogens is 6. The number of hydrazone groups is 1. The topological polar surface area (TPSA) is 105 Å². The van der Waals surface area contributed by atoms with Crippen molar-refractivity contribution in [3.05, 3.63) is 45.6 Å². The molecule has 1 amide bonds. The fraction of sp³-hybridized carbons (Fsp3) is 0.250. The molecule has 0 aliphatic rings. The predicted molar refractivity (Wildman–Crippen MR) is 104 cm³/mol. The Morgan fingerprint density at radius 2 is 2.30 bits per heavy atom. The van der Waals surface area contributed by atoms with Crippen LogP contribution in [0.4, 0.5) is 0 Å². The number of aryl methyl sites for hydroxylation is 1. The van der Waals surface area contributed by atoms with Crippen molar-refractivity contribution in [2.75, 3.05) is 0 Å². The zero-order valence-electron chi connectivity index (χ0n) is 14.7. The highest BCUT2D eigenvalue weighted by Gasteiger charge is 2.17. The molecule has 0 bridgehead atoms. The first-order valence-corrected chi connectivity index (χ1v) is 9.69. The zero-order valence-corrected chi connectivity index (χ0v) is 16.3. The standard InChI is InChI=1S/C16H16N8OS2/c1-10-12(6-19-24(9-25)7-14-17-8-20-27-14)15-16(23(10)2)21-13(26-15)5-11-3-4-18-22-11/h3-4,6,8-9H,5,7H2,1-2H3,(H,18,22)/b19-6-. The SMILES string of the molecule is Cc1c(/C=N\N(C=O)Cc2ncns2)c2sc(Cc3cc[nH]n3)nc2n1C. The smallest absolute Gasteiger partial charge is 0.230 e. The van der Waals surface area contributed by atoms with E-state index in [9.17, 15) is 4.79 Å². The van der Waals surface area contributed by atoms with Crippen molar-refractivity contribution in [3.8, 4) is 0 Å². The third-order valence-corrected chi connectivity index (χ3v) is 5.88. The van der Waals surface area contributed by atoms with E-state index in [0.717, 1.165) is 37.3 Å². The summed E-state index contributed by atoms with van der Waals surface area (Å²) in [6.07, 6.45) is 6.34. The van der Waals surface area contributed by atoms with E-state index in [2.05, 4.69) is 24.7 Å². The van der Waals surface area contributed by atoms with Gasteiger partial charge in [-0.25, -0.2) is 15.0 Å². The lowest BCUT2D eigenvalue weighted by molar-refractivity contribution is -0.118. The lowest BCUT2D eigenvalue weighted by Crippen LogP contribution is -2.14. The summed E-state index contributed by atoms with van der Waals surface area (Å²) in [6, 6.07) is 1.94. The number of carbonyl (C=O) groups is 1. The van der Waals surface area contributed by atoms with Gasteiger partial charge in [-0.1, -0.05) is 0 Å². The third-order valence-electron chi connectivity index (χ3n) is 4.16. The van der Waals surface area contributed by atoms with E-state index in [-0.39, 0.29) is 0 Å². The minimum atomic E-state index is 0.298. The van der Waals surface area contributed by atoms with Gasteiger partial charge in [-0.2, -0.15) is 14.6 Å². The Labute approximate surface area is 162 Å². The van der Waals surface area contributed by atoms with Gasteiger partial charge in [-0.3, -0.25) is 9.89 Å². The van der Waals surface area contributed by atoms with Gasteiger partial charge < -0.3 is 4.57 Å². The van der Waals surface area contributed by atoms with Gasteiger partial charge in [0.25, 0.3) is 0 Å². The van der Waals surface area contributed by atoms with Gasteiger partial charge >= 0.3 is 0 Å². The van der Waals surface area contributed by atoms with E-state index in [4.69, 9.17) is 4.98 Å². The van der Waals surface area contributed by atoms with Crippen LogP contribution in [0.5, 0.6) is 0 Å². The van der Waals surface area contributed by atoms with Crippen molar-refractivity contribution in [1.29, 1.82) is 0 Å². The van der Waals surface area contributed by atoms with Gasteiger partial charge in [0.1, 0.15) is 16.3 Å². The van der Waals surface area contributed by atoms with Crippen molar-refractivity contribution >= 4 is 45.8 Å². The Morgan fingerprint density at radius 3 is 3.00 bits per heavy atom. The second kappa shape index (κ2) is 7.37. The molecule has 0 spiro atoms. The number of aromatic amines is 1. The molecule has 4 aromatic heterocycles. The van der Waals surface area contributed by atoms with Gasteiger partial charge in [-0.15, -0.1) is 11.3 Å². The number of carbonyl (C=O) groups excluding carboxylic acids is 1. The van der Waals surface area contributed by atoms with E-state index in [1.807, 2.05) is 24.6 Å². The molecule has 1 N–H and O–H groups in total. The first-order chi connectivity index (χ1) is 13.2. The summed E-state index contributed by atoms with van der Waals surface area (Å²) in [4.78, 5) is 20.2. The highest BCUT2D eigenvalue weighted by atomic mass is 32.1. The number of hydrogen-bond donors (Lipinski definition) is 1. The first kappa shape index (κ1) is 17.5. The number of H-pyrrole nitrogens is 1. The molecule has 9 nitrogen and oxygen atoms in total. The molecular formula is C16H16N8OS2. The summed E-state index contributed by atoms with van der Waals surface area (Å²) in [7, 11) is 1.98. The monoisotopic (exact) mass is 400 g/mol. The molecule has 4 aromatic rings. The summed E-state index contributed by atoms with van der Waals surface area (Å²) in [6.45, 7) is 2.31. The average Bonchev–Trinajstić information content (AvgIpc) is 3.44. The number of thiazole rings is 1. The summed E-state index contributed by atoms with van der Waals surface area (Å²) in [5.74, 6) is 0. The number of rotatable bonds is 7. The number of fused-ring (bicyclic) bond motifs is 1. The molecule has 0 radical (unpaired) electrons. The maximum absolute atomic E-state index is 11.3. The second-order valence-electron chi connectivity index (χ2n) is 5.84. The van der Waals surface area contributed by atoms with Crippen LogP contribution in [0, 0.1) is 6.92 Å². The Bertz CT molecular complexity index is 1080. The molecule has 0 saturated carbocycles. The molecular weight excluding hydrogens is 384 g/mol. The first-order valence-electron chi connectivity index (χ1n) is 8.10. The van der Waals surface area contributed by atoms with E-state index in [0.29, 0.717) is 19.4 Å². The normalized spacial score (nSPS) is 11.6. The van der Waals surface area contributed by atoms with E-state index >= 15 is 0 Å². The van der Waals surface area contributed by atoms with Crippen LogP contribution in [0.25, 0.3) is 10.3 Å². The molecule has 4 rings (SSSR count). The largest absolute Gasteiger partial charge is 0.332 e. The Kier molecular flexibility index (Phi) is 4.77. The minimum absolute atomic E-state index is 0.298. The summed E-state index contributed by atoms with van der Waals surface area (Å²) in [5, 5.41) is 14.4. The fourth-order valence-corrected chi connectivity index (χ4v) is 4.35. The molecule has 4 heterocycles. The molecule has 0 fully saturated rings. The highest BCUT2D eigenvalue weighted by molar-refractivity contribution is 7.19. The molecule has 0 saturated heterocycles. The van der Waals surface area contributed by atoms with Crippen LogP contribution < -0.4 is 0 Å². The summed E-state index contributed by atoms with van der Waals surface area (Å²) < 4.78 is 7.02. The van der Waals surface area contributed by atoms with Crippen LogP contribution in [0.2, 0.25) is 0 Å². The maximum atomic E-state index is 11.3. The lowest BCUT2D eigenvalue weighted by Gasteiger charge is -2.07. The van der Waals surface area contributed by atoms with Crippen LogP contribution >= 0.6 is 22.9 Å². The van der Waals surface area contributed by atoms with Gasteiger partial charge in [-0.05, 0) is 24.5 Å². The van der Waals surface area contributed by atoms with Crippen LogP contribution in [-0.4, -0.2) is 46.7 Å². The van der Waals surface area contributed by atoms with Crippen molar-refractivity contribution in [3.63, 3.8) is 0 Å². The molecule has 138 valence electrons. The van der Waals surface area contributed by atoms with Crippen molar-refractivity contribution in [2.24, 2.45) is 12.1 Å². The summed E-state index contributed by atoms with van der Waals surface area (Å²) in [5.41, 5.74) is 3.86. The van der Waals surface area contributed by atoms with E-state index < -0.39 is 0 Å². The maximum Gasteiger partial charge on any atom is 0.230 e. The molecule has 0 aliphatic heterocycles. The average molecular weight is 400 g/mol. The van der Waals surface area contributed by atoms with Gasteiger partial charge in [0.05, 0.1) is 23.2 Å². The second-order valence-corrected chi connectivity index (χ2v) is 7.79. The van der Waals surface area contributed by atoms with E-state index in [1.54, 1.807) is 23.7 Å². The molecule has 0 atom stereocenters. The van der Waals surface area contributed by atoms with Crippen LogP contribution in [0.15, 0.2) is 23.7 Å². The minimum Gasteiger partial charge on any atom is -0.332 e. The third kappa shape index (κ3) is 3.51. The van der Waals surface area contributed by atoms with Crippen molar-refractivity contribution in [2.45, 2.75) is 19.9 Å². The van der Waals surface area contributed by atoms with Crippen molar-refractivity contribution < 1.29 is 4.79 Å². The Balaban J connectivity index is 1.62. The molecule has 0 aliphatic carbocycles. The number of nitrogens with one attached hydrogen (secondary N) is 1. The van der Waals surface area contributed by atoms with Gasteiger partial charge in [0.2, 0.25) is 6.41 Å².